The van der Waals surface area contributed by atoms with Crippen LogP contribution in [0.25, 0.3) is 0 Å². The van der Waals surface area contributed by atoms with Crippen molar-refractivity contribution in [1.82, 2.24) is 10.2 Å². The van der Waals surface area contributed by atoms with Crippen LogP contribution in [0.2, 0.25) is 0 Å². The van der Waals surface area contributed by atoms with E-state index in [0.717, 1.165) is 29.7 Å². The molecule has 2 rings (SSSR count). The smallest absolute Gasteiger partial charge is 0.251 e. The van der Waals surface area contributed by atoms with Gasteiger partial charge in [0.25, 0.3) is 5.91 Å². The fraction of sp³-hybridized carbons (Fsp3) is 0.444. The highest BCUT2D eigenvalue weighted by Crippen LogP contribution is 2.26. The molecule has 0 heterocycles. The fourth-order valence-electron chi connectivity index (χ4n) is 3.01. The van der Waals surface area contributed by atoms with Crippen molar-refractivity contribution < 1.29 is 9.59 Å². The summed E-state index contributed by atoms with van der Waals surface area (Å²) in [4.78, 5) is 25.8. The van der Waals surface area contributed by atoms with Crippen LogP contribution >= 0.6 is 0 Å². The van der Waals surface area contributed by atoms with Crippen LogP contribution in [0, 0.1) is 28.7 Å². The Kier molecular flexibility index (Phi) is 5.92. The van der Waals surface area contributed by atoms with Gasteiger partial charge in [0, 0.05) is 18.7 Å². The normalized spacial score (nSPS) is 19.6. The number of hydrogen-bond donors (Lipinski definition) is 1. The molecule has 0 spiro atoms. The van der Waals surface area contributed by atoms with Crippen LogP contribution in [-0.4, -0.2) is 29.8 Å². The lowest BCUT2D eigenvalue weighted by Crippen LogP contribution is -2.48. The topological polar surface area (TPSA) is 97.0 Å². The molecular formula is C18H20N4O2. The molecule has 1 N–H and O–H groups in total. The molecular weight excluding hydrogens is 304 g/mol. The predicted molar refractivity (Wildman–Crippen MR) is 87.4 cm³/mol. The lowest BCUT2D eigenvalue weighted by Gasteiger charge is -2.32. The van der Waals surface area contributed by atoms with Crippen LogP contribution in [0.4, 0.5) is 0 Å². The average Bonchev–Trinajstić information content (AvgIpc) is 2.61. The third kappa shape index (κ3) is 4.11. The molecule has 1 saturated carbocycles. The van der Waals surface area contributed by atoms with Crippen molar-refractivity contribution in [2.24, 2.45) is 5.92 Å². The second-order valence-electron chi connectivity index (χ2n) is 6.00. The molecule has 0 aliphatic heterocycles. The van der Waals surface area contributed by atoms with Crippen molar-refractivity contribution in [1.29, 1.82) is 10.5 Å². The van der Waals surface area contributed by atoms with Crippen LogP contribution in [0.1, 0.15) is 41.6 Å². The maximum Gasteiger partial charge on any atom is 0.251 e. The minimum absolute atomic E-state index is 0.234. The first-order chi connectivity index (χ1) is 11.6. The molecule has 6 heteroatoms. The van der Waals surface area contributed by atoms with Gasteiger partial charge in [0.1, 0.15) is 0 Å². The number of hydrogen-bond acceptors (Lipinski definition) is 4. The van der Waals surface area contributed by atoms with E-state index in [0.29, 0.717) is 18.4 Å². The summed E-state index contributed by atoms with van der Waals surface area (Å²) in [6.07, 6.45) is 5.42. The highest BCUT2D eigenvalue weighted by molar-refractivity contribution is 5.95. The van der Waals surface area contributed by atoms with Crippen LogP contribution in [0.5, 0.6) is 0 Å². The number of nitriles is 2. The van der Waals surface area contributed by atoms with Crippen molar-refractivity contribution in [2.45, 2.75) is 38.1 Å². The van der Waals surface area contributed by atoms with Crippen LogP contribution < -0.4 is 5.32 Å². The Morgan fingerprint density at radius 3 is 2.50 bits per heavy atom. The van der Waals surface area contributed by atoms with E-state index in [-0.39, 0.29) is 23.8 Å². The Labute approximate surface area is 141 Å². The van der Waals surface area contributed by atoms with Gasteiger partial charge < -0.3 is 5.32 Å². The molecule has 1 aliphatic carbocycles. The van der Waals surface area contributed by atoms with Crippen LogP contribution in [0.15, 0.2) is 24.3 Å². The van der Waals surface area contributed by atoms with E-state index < -0.39 is 0 Å². The summed E-state index contributed by atoms with van der Waals surface area (Å²) >= 11 is 0. The Morgan fingerprint density at radius 1 is 1.21 bits per heavy atom. The lowest BCUT2D eigenvalue weighted by molar-refractivity contribution is -0.133. The van der Waals surface area contributed by atoms with Gasteiger partial charge in [-0.05, 0) is 30.5 Å². The SMILES string of the molecule is CN(C#N)C(=O)C1CCCCC1NC(=O)c1ccc(CC#N)cc1. The minimum atomic E-state index is -0.356. The Hall–Kier alpha value is -2.86. The monoisotopic (exact) mass is 324 g/mol. The highest BCUT2D eigenvalue weighted by atomic mass is 16.2. The molecule has 0 saturated heterocycles. The quantitative estimate of drug-likeness (QED) is 0.676. The van der Waals surface area contributed by atoms with Gasteiger partial charge in [0.2, 0.25) is 5.91 Å². The first-order valence-corrected chi connectivity index (χ1v) is 8.01. The molecule has 2 unspecified atom stereocenters. The highest BCUT2D eigenvalue weighted by Gasteiger charge is 2.33. The summed E-state index contributed by atoms with van der Waals surface area (Å²) in [6.45, 7) is 0. The van der Waals surface area contributed by atoms with Gasteiger partial charge in [0.15, 0.2) is 6.19 Å². The van der Waals surface area contributed by atoms with Gasteiger partial charge in [-0.25, -0.2) is 0 Å². The molecule has 1 aromatic rings. The van der Waals surface area contributed by atoms with Crippen LogP contribution in [0.3, 0.4) is 0 Å². The Balaban J connectivity index is 2.06. The molecule has 0 radical (unpaired) electrons. The molecule has 6 nitrogen and oxygen atoms in total. The molecule has 124 valence electrons. The summed E-state index contributed by atoms with van der Waals surface area (Å²) in [5, 5.41) is 20.5. The van der Waals surface area contributed by atoms with E-state index in [1.807, 2.05) is 6.19 Å². The number of nitrogens with one attached hydrogen (secondary N) is 1. The number of carbonyl (C=O) groups excluding carboxylic acids is 2. The van der Waals surface area contributed by atoms with Crippen molar-refractivity contribution >= 4 is 11.8 Å². The third-order valence-electron chi connectivity index (χ3n) is 4.38. The zero-order chi connectivity index (χ0) is 17.5. The van der Waals surface area contributed by atoms with Gasteiger partial charge in [-0.3, -0.25) is 14.5 Å². The summed E-state index contributed by atoms with van der Waals surface area (Å²) < 4.78 is 0. The summed E-state index contributed by atoms with van der Waals surface area (Å²) in [5.74, 6) is -0.833. The zero-order valence-corrected chi connectivity index (χ0v) is 13.7. The third-order valence-corrected chi connectivity index (χ3v) is 4.38. The molecule has 1 aromatic carbocycles. The molecule has 1 aliphatic rings. The first kappa shape index (κ1) is 17.5. The van der Waals surface area contributed by atoms with E-state index in [4.69, 9.17) is 10.5 Å². The van der Waals surface area contributed by atoms with Crippen molar-refractivity contribution in [2.75, 3.05) is 7.05 Å². The summed E-state index contributed by atoms with van der Waals surface area (Å²) in [5.41, 5.74) is 1.36. The molecule has 24 heavy (non-hydrogen) atoms. The van der Waals surface area contributed by atoms with E-state index in [1.54, 1.807) is 24.3 Å². The Morgan fingerprint density at radius 2 is 1.88 bits per heavy atom. The molecule has 2 amide bonds. The van der Waals surface area contributed by atoms with E-state index in [2.05, 4.69) is 11.4 Å². The summed E-state index contributed by atoms with van der Waals surface area (Å²) in [7, 11) is 1.45. The van der Waals surface area contributed by atoms with Gasteiger partial charge in [0.05, 0.1) is 18.4 Å². The predicted octanol–water partition coefficient (Wildman–Crippen LogP) is 1.98. The van der Waals surface area contributed by atoms with Gasteiger partial charge in [-0.15, -0.1) is 0 Å². The van der Waals surface area contributed by atoms with Gasteiger partial charge >= 0.3 is 0 Å². The molecule has 2 atom stereocenters. The summed E-state index contributed by atoms with van der Waals surface area (Å²) in [6, 6.07) is 8.68. The fourth-order valence-corrected chi connectivity index (χ4v) is 3.01. The van der Waals surface area contributed by atoms with Crippen molar-refractivity contribution in [3.05, 3.63) is 35.4 Å². The second kappa shape index (κ2) is 8.12. The maximum atomic E-state index is 12.4. The molecule has 0 aromatic heterocycles. The molecule has 0 bridgehead atoms. The van der Waals surface area contributed by atoms with Crippen LogP contribution in [-0.2, 0) is 11.2 Å². The van der Waals surface area contributed by atoms with Crippen molar-refractivity contribution in [3.63, 3.8) is 0 Å². The zero-order valence-electron chi connectivity index (χ0n) is 13.7. The second-order valence-corrected chi connectivity index (χ2v) is 6.00. The van der Waals surface area contributed by atoms with E-state index in [9.17, 15) is 9.59 Å². The lowest BCUT2D eigenvalue weighted by atomic mass is 9.83. The number of rotatable bonds is 4. The van der Waals surface area contributed by atoms with E-state index in [1.165, 1.54) is 7.05 Å². The number of benzene rings is 1. The number of nitrogens with zero attached hydrogens (tertiary/aromatic N) is 3. The molecule has 1 fully saturated rings. The van der Waals surface area contributed by atoms with Gasteiger partial charge in [-0.1, -0.05) is 25.0 Å². The largest absolute Gasteiger partial charge is 0.349 e. The van der Waals surface area contributed by atoms with Crippen molar-refractivity contribution in [3.8, 4) is 12.3 Å². The number of amides is 2. The number of carbonyl (C=O) groups is 2. The van der Waals surface area contributed by atoms with Gasteiger partial charge in [-0.2, -0.15) is 10.5 Å². The first-order valence-electron chi connectivity index (χ1n) is 8.01. The minimum Gasteiger partial charge on any atom is -0.349 e. The maximum absolute atomic E-state index is 12.4. The average molecular weight is 324 g/mol. The standard InChI is InChI=1S/C18H20N4O2/c1-22(12-20)18(24)15-4-2-3-5-16(15)21-17(23)14-8-6-13(7-9-14)10-11-19/h6-9,15-16H,2-5,10H2,1H3,(H,21,23). The van der Waals surface area contributed by atoms with E-state index >= 15 is 0 Å². The Bertz CT molecular complexity index is 684.